The Kier molecular flexibility index (Phi) is 4.12. The Morgan fingerprint density at radius 3 is 2.85 bits per heavy atom. The third-order valence-electron chi connectivity index (χ3n) is 2.66. The van der Waals surface area contributed by atoms with Gasteiger partial charge in [-0.2, -0.15) is 0 Å². The first kappa shape index (κ1) is 10.9. The van der Waals surface area contributed by atoms with Gasteiger partial charge in [-0.25, -0.2) is 0 Å². The molecule has 0 aromatic heterocycles. The van der Waals surface area contributed by atoms with Crippen molar-refractivity contribution in [2.45, 2.75) is 24.9 Å². The molecule has 0 aromatic carbocycles. The second kappa shape index (κ2) is 4.91. The second-order valence-electron chi connectivity index (χ2n) is 3.87. The average Bonchev–Trinajstić information content (AvgIpc) is 2.04. The SMILES string of the molecule is NCCC1(O)CCCN(CCO)C1. The number of aliphatic hydroxyl groups excluding tert-OH is 1. The predicted octanol–water partition coefficient (Wildman–Crippen LogP) is -0.846. The van der Waals surface area contributed by atoms with Gasteiger partial charge in [0.05, 0.1) is 12.2 Å². The molecule has 13 heavy (non-hydrogen) atoms. The van der Waals surface area contributed by atoms with Crippen molar-refractivity contribution in [1.82, 2.24) is 4.90 Å². The summed E-state index contributed by atoms with van der Waals surface area (Å²) < 4.78 is 0. The van der Waals surface area contributed by atoms with E-state index in [1.54, 1.807) is 0 Å². The van der Waals surface area contributed by atoms with E-state index in [0.717, 1.165) is 19.4 Å². The van der Waals surface area contributed by atoms with Gasteiger partial charge in [-0.1, -0.05) is 0 Å². The summed E-state index contributed by atoms with van der Waals surface area (Å²) in [5.74, 6) is 0. The van der Waals surface area contributed by atoms with Crippen LogP contribution in [-0.4, -0.2) is 53.5 Å². The van der Waals surface area contributed by atoms with E-state index < -0.39 is 5.60 Å². The Morgan fingerprint density at radius 1 is 1.46 bits per heavy atom. The van der Waals surface area contributed by atoms with Gasteiger partial charge in [0.15, 0.2) is 0 Å². The van der Waals surface area contributed by atoms with Crippen LogP contribution in [0.5, 0.6) is 0 Å². The molecule has 0 radical (unpaired) electrons. The van der Waals surface area contributed by atoms with Crippen molar-refractivity contribution >= 4 is 0 Å². The maximum Gasteiger partial charge on any atom is 0.0786 e. The zero-order chi connectivity index (χ0) is 9.73. The number of hydrogen-bond donors (Lipinski definition) is 3. The van der Waals surface area contributed by atoms with E-state index in [1.165, 1.54) is 0 Å². The number of β-amino-alcohol motifs (C(OH)–C–C–N with tert-alkyl or cyclic N) is 2. The zero-order valence-corrected chi connectivity index (χ0v) is 8.08. The normalized spacial score (nSPS) is 30.7. The van der Waals surface area contributed by atoms with E-state index in [0.29, 0.717) is 26.1 Å². The number of rotatable bonds is 4. The Morgan fingerprint density at radius 2 is 2.23 bits per heavy atom. The fraction of sp³-hybridized carbons (Fsp3) is 1.00. The van der Waals surface area contributed by atoms with E-state index >= 15 is 0 Å². The molecule has 1 aliphatic heterocycles. The topological polar surface area (TPSA) is 69.7 Å². The lowest BCUT2D eigenvalue weighted by molar-refractivity contribution is -0.0379. The van der Waals surface area contributed by atoms with E-state index in [4.69, 9.17) is 10.8 Å². The first-order chi connectivity index (χ1) is 6.20. The van der Waals surface area contributed by atoms with Crippen LogP contribution in [-0.2, 0) is 0 Å². The third-order valence-corrected chi connectivity index (χ3v) is 2.66. The molecule has 1 atom stereocenters. The summed E-state index contributed by atoms with van der Waals surface area (Å²) in [5, 5.41) is 18.8. The molecule has 0 aliphatic carbocycles. The van der Waals surface area contributed by atoms with Crippen molar-refractivity contribution in [2.75, 3.05) is 32.8 Å². The highest BCUT2D eigenvalue weighted by molar-refractivity contribution is 4.87. The van der Waals surface area contributed by atoms with Crippen LogP contribution in [0.4, 0.5) is 0 Å². The summed E-state index contributed by atoms with van der Waals surface area (Å²) in [6.45, 7) is 2.99. The second-order valence-corrected chi connectivity index (χ2v) is 3.87. The van der Waals surface area contributed by atoms with Gasteiger partial charge < -0.3 is 15.9 Å². The van der Waals surface area contributed by atoms with Gasteiger partial charge in [-0.15, -0.1) is 0 Å². The molecular weight excluding hydrogens is 168 g/mol. The summed E-state index contributed by atoms with van der Waals surface area (Å²) >= 11 is 0. The van der Waals surface area contributed by atoms with Crippen LogP contribution in [0.3, 0.4) is 0 Å². The lowest BCUT2D eigenvalue weighted by atomic mass is 9.90. The summed E-state index contributed by atoms with van der Waals surface area (Å²) in [7, 11) is 0. The van der Waals surface area contributed by atoms with Crippen LogP contribution in [0.25, 0.3) is 0 Å². The maximum absolute atomic E-state index is 10.1. The van der Waals surface area contributed by atoms with Crippen molar-refractivity contribution in [3.63, 3.8) is 0 Å². The van der Waals surface area contributed by atoms with E-state index in [-0.39, 0.29) is 6.61 Å². The Balaban J connectivity index is 2.39. The fourth-order valence-corrected chi connectivity index (χ4v) is 2.01. The standard InChI is InChI=1S/C9H20N2O2/c10-4-3-9(13)2-1-5-11(8-9)6-7-12/h12-13H,1-8,10H2. The number of hydrogen-bond acceptors (Lipinski definition) is 4. The first-order valence-corrected chi connectivity index (χ1v) is 4.96. The van der Waals surface area contributed by atoms with Crippen LogP contribution in [0, 0.1) is 0 Å². The molecule has 78 valence electrons. The van der Waals surface area contributed by atoms with Crippen LogP contribution in [0.2, 0.25) is 0 Å². The Bertz CT molecular complexity index is 149. The molecule has 1 heterocycles. The lowest BCUT2D eigenvalue weighted by Crippen LogP contribution is -2.49. The minimum Gasteiger partial charge on any atom is -0.395 e. The highest BCUT2D eigenvalue weighted by atomic mass is 16.3. The number of likely N-dealkylation sites (tertiary alicyclic amines) is 1. The van der Waals surface area contributed by atoms with E-state index in [9.17, 15) is 5.11 Å². The quantitative estimate of drug-likeness (QED) is 0.538. The van der Waals surface area contributed by atoms with Gasteiger partial charge in [0.25, 0.3) is 0 Å². The summed E-state index contributed by atoms with van der Waals surface area (Å²) in [5.41, 5.74) is 4.83. The molecule has 0 bridgehead atoms. The molecule has 1 saturated heterocycles. The van der Waals surface area contributed by atoms with Crippen molar-refractivity contribution < 1.29 is 10.2 Å². The summed E-state index contributed by atoms with van der Waals surface area (Å²) in [4.78, 5) is 2.10. The minimum absolute atomic E-state index is 0.165. The van der Waals surface area contributed by atoms with Gasteiger partial charge in [-0.3, -0.25) is 4.90 Å². The monoisotopic (exact) mass is 188 g/mol. The number of nitrogens with two attached hydrogens (primary N) is 1. The minimum atomic E-state index is -0.609. The molecule has 4 heteroatoms. The highest BCUT2D eigenvalue weighted by Crippen LogP contribution is 2.23. The molecule has 0 spiro atoms. The molecular formula is C9H20N2O2. The highest BCUT2D eigenvalue weighted by Gasteiger charge is 2.31. The van der Waals surface area contributed by atoms with Crippen LogP contribution in [0.15, 0.2) is 0 Å². The van der Waals surface area contributed by atoms with Gasteiger partial charge in [0, 0.05) is 13.1 Å². The molecule has 1 aliphatic rings. The summed E-state index contributed by atoms with van der Waals surface area (Å²) in [6, 6.07) is 0. The van der Waals surface area contributed by atoms with Gasteiger partial charge >= 0.3 is 0 Å². The molecule has 4 N–H and O–H groups in total. The Hall–Kier alpha value is -0.160. The molecule has 1 rings (SSSR count). The first-order valence-electron chi connectivity index (χ1n) is 4.96. The Labute approximate surface area is 79.3 Å². The number of nitrogens with zero attached hydrogens (tertiary/aromatic N) is 1. The van der Waals surface area contributed by atoms with E-state index in [2.05, 4.69) is 4.90 Å². The third kappa shape index (κ3) is 3.23. The fourth-order valence-electron chi connectivity index (χ4n) is 2.01. The predicted molar refractivity (Wildman–Crippen MR) is 51.4 cm³/mol. The molecule has 0 aromatic rings. The molecule has 0 amide bonds. The smallest absolute Gasteiger partial charge is 0.0786 e. The van der Waals surface area contributed by atoms with Crippen molar-refractivity contribution in [2.24, 2.45) is 5.73 Å². The van der Waals surface area contributed by atoms with Gasteiger partial charge in [-0.05, 0) is 32.4 Å². The van der Waals surface area contributed by atoms with Gasteiger partial charge in [0.2, 0.25) is 0 Å². The largest absolute Gasteiger partial charge is 0.395 e. The molecule has 4 nitrogen and oxygen atoms in total. The van der Waals surface area contributed by atoms with E-state index in [1.807, 2.05) is 0 Å². The number of piperidine rings is 1. The van der Waals surface area contributed by atoms with Crippen molar-refractivity contribution in [1.29, 1.82) is 0 Å². The number of aliphatic hydroxyl groups is 2. The van der Waals surface area contributed by atoms with Crippen molar-refractivity contribution in [3.8, 4) is 0 Å². The average molecular weight is 188 g/mol. The summed E-state index contributed by atoms with van der Waals surface area (Å²) in [6.07, 6.45) is 2.50. The lowest BCUT2D eigenvalue weighted by Gasteiger charge is -2.38. The van der Waals surface area contributed by atoms with Crippen molar-refractivity contribution in [3.05, 3.63) is 0 Å². The van der Waals surface area contributed by atoms with Crippen LogP contribution < -0.4 is 5.73 Å². The van der Waals surface area contributed by atoms with Crippen LogP contribution in [0.1, 0.15) is 19.3 Å². The zero-order valence-electron chi connectivity index (χ0n) is 8.08. The molecule has 0 saturated carbocycles. The molecule has 1 unspecified atom stereocenters. The van der Waals surface area contributed by atoms with Crippen LogP contribution >= 0.6 is 0 Å². The maximum atomic E-state index is 10.1. The molecule has 1 fully saturated rings. The van der Waals surface area contributed by atoms with Gasteiger partial charge in [0.1, 0.15) is 0 Å².